The van der Waals surface area contributed by atoms with Gasteiger partial charge in [-0.3, -0.25) is 4.79 Å². The Kier molecular flexibility index (Phi) is 5.93. The molecule has 4 rings (SSSR count). The molecule has 0 N–H and O–H groups in total. The molecule has 1 unspecified atom stereocenters. The SMILES string of the molecule is CCOc1cc2c(cc1/C=C/C(=O)N1CCN(c3ccccc3F)CC1)OC(C)C2. The summed E-state index contributed by atoms with van der Waals surface area (Å²) in [6.07, 6.45) is 4.40. The summed E-state index contributed by atoms with van der Waals surface area (Å²) in [5.74, 6) is 1.34. The second-order valence-corrected chi connectivity index (χ2v) is 7.66. The van der Waals surface area contributed by atoms with E-state index >= 15 is 0 Å². The van der Waals surface area contributed by atoms with Gasteiger partial charge in [-0.2, -0.15) is 0 Å². The summed E-state index contributed by atoms with van der Waals surface area (Å²) in [6, 6.07) is 10.7. The maximum Gasteiger partial charge on any atom is 0.246 e. The molecule has 5 nitrogen and oxygen atoms in total. The average Bonchev–Trinajstić information content (AvgIpc) is 3.11. The Morgan fingerprint density at radius 1 is 1.23 bits per heavy atom. The summed E-state index contributed by atoms with van der Waals surface area (Å²) in [7, 11) is 0. The molecule has 2 aliphatic rings. The third-order valence-electron chi connectivity index (χ3n) is 5.52. The Labute approximate surface area is 176 Å². The lowest BCUT2D eigenvalue weighted by Crippen LogP contribution is -2.48. The van der Waals surface area contributed by atoms with E-state index in [1.165, 1.54) is 6.07 Å². The van der Waals surface area contributed by atoms with E-state index in [0.717, 1.165) is 29.0 Å². The highest BCUT2D eigenvalue weighted by molar-refractivity contribution is 5.92. The smallest absolute Gasteiger partial charge is 0.246 e. The number of benzene rings is 2. The molecular formula is C24H27FN2O3. The predicted molar refractivity (Wildman–Crippen MR) is 116 cm³/mol. The molecule has 0 aromatic heterocycles. The van der Waals surface area contributed by atoms with Crippen LogP contribution in [0, 0.1) is 5.82 Å². The van der Waals surface area contributed by atoms with E-state index in [4.69, 9.17) is 9.47 Å². The predicted octanol–water partition coefficient (Wildman–Crippen LogP) is 3.91. The number of hydrogen-bond donors (Lipinski definition) is 0. The molecule has 2 aromatic carbocycles. The Hall–Kier alpha value is -3.02. The largest absolute Gasteiger partial charge is 0.493 e. The number of carbonyl (C=O) groups is 1. The van der Waals surface area contributed by atoms with E-state index in [0.29, 0.717) is 38.5 Å². The minimum Gasteiger partial charge on any atom is -0.493 e. The van der Waals surface area contributed by atoms with E-state index in [2.05, 4.69) is 0 Å². The van der Waals surface area contributed by atoms with Crippen LogP contribution in [0.3, 0.4) is 0 Å². The van der Waals surface area contributed by atoms with Crippen molar-refractivity contribution in [3.05, 3.63) is 59.4 Å². The van der Waals surface area contributed by atoms with Gasteiger partial charge in [0.25, 0.3) is 0 Å². The van der Waals surface area contributed by atoms with Crippen molar-refractivity contribution < 1.29 is 18.7 Å². The van der Waals surface area contributed by atoms with Gasteiger partial charge in [0.05, 0.1) is 12.3 Å². The number of carbonyl (C=O) groups excluding carboxylic acids is 1. The van der Waals surface area contributed by atoms with Gasteiger partial charge in [-0.15, -0.1) is 0 Å². The number of hydrogen-bond acceptors (Lipinski definition) is 4. The quantitative estimate of drug-likeness (QED) is 0.701. The zero-order valence-electron chi connectivity index (χ0n) is 17.4. The van der Waals surface area contributed by atoms with Crippen molar-refractivity contribution >= 4 is 17.7 Å². The molecule has 0 spiro atoms. The lowest BCUT2D eigenvalue weighted by molar-refractivity contribution is -0.126. The first-order valence-corrected chi connectivity index (χ1v) is 10.5. The third kappa shape index (κ3) is 4.27. The van der Waals surface area contributed by atoms with E-state index in [9.17, 15) is 9.18 Å². The molecule has 0 saturated carbocycles. The van der Waals surface area contributed by atoms with Gasteiger partial charge in [0, 0.05) is 49.8 Å². The molecule has 6 heteroatoms. The van der Waals surface area contributed by atoms with Crippen LogP contribution in [0.4, 0.5) is 10.1 Å². The maximum absolute atomic E-state index is 14.0. The van der Waals surface area contributed by atoms with Gasteiger partial charge in [0.15, 0.2) is 0 Å². The van der Waals surface area contributed by atoms with Crippen molar-refractivity contribution in [3.63, 3.8) is 0 Å². The summed E-state index contributed by atoms with van der Waals surface area (Å²) in [4.78, 5) is 16.5. The first kappa shape index (κ1) is 20.3. The second-order valence-electron chi connectivity index (χ2n) is 7.66. The fourth-order valence-corrected chi connectivity index (χ4v) is 4.01. The Bertz CT molecular complexity index is 951. The molecule has 1 amide bonds. The minimum atomic E-state index is -0.228. The standard InChI is InChI=1S/C24H27FN2O3/c1-3-29-22-16-19-14-17(2)30-23(19)15-18(22)8-9-24(28)27-12-10-26(11-13-27)21-7-5-4-6-20(21)25/h4-9,15-17H,3,10-14H2,1-2H3/b9-8+. The van der Waals surface area contributed by atoms with Crippen LogP contribution in [0.1, 0.15) is 25.0 Å². The fraction of sp³-hybridized carbons (Fsp3) is 0.375. The van der Waals surface area contributed by atoms with E-state index < -0.39 is 0 Å². The van der Waals surface area contributed by atoms with Gasteiger partial charge >= 0.3 is 0 Å². The number of halogens is 1. The number of anilines is 1. The van der Waals surface area contributed by atoms with Crippen LogP contribution in [0.25, 0.3) is 6.08 Å². The van der Waals surface area contributed by atoms with Gasteiger partial charge in [0.2, 0.25) is 5.91 Å². The highest BCUT2D eigenvalue weighted by Gasteiger charge is 2.23. The number of piperazine rings is 1. The Morgan fingerprint density at radius 2 is 2.00 bits per heavy atom. The number of fused-ring (bicyclic) bond motifs is 1. The van der Waals surface area contributed by atoms with Gasteiger partial charge in [-0.25, -0.2) is 4.39 Å². The molecule has 30 heavy (non-hydrogen) atoms. The summed E-state index contributed by atoms with van der Waals surface area (Å²) < 4.78 is 25.6. The van der Waals surface area contributed by atoms with Crippen LogP contribution >= 0.6 is 0 Å². The number of para-hydroxylation sites is 1. The number of ether oxygens (including phenoxy) is 2. The van der Waals surface area contributed by atoms with E-state index in [-0.39, 0.29) is 17.8 Å². The molecular weight excluding hydrogens is 383 g/mol. The van der Waals surface area contributed by atoms with Crippen LogP contribution in [0.5, 0.6) is 11.5 Å². The van der Waals surface area contributed by atoms with E-state index in [1.807, 2.05) is 36.9 Å². The summed E-state index contributed by atoms with van der Waals surface area (Å²) in [5, 5.41) is 0. The zero-order chi connectivity index (χ0) is 21.1. The lowest BCUT2D eigenvalue weighted by Gasteiger charge is -2.35. The lowest BCUT2D eigenvalue weighted by atomic mass is 10.1. The Balaban J connectivity index is 1.42. The molecule has 0 aliphatic carbocycles. The summed E-state index contributed by atoms with van der Waals surface area (Å²) >= 11 is 0. The second kappa shape index (κ2) is 8.78. The summed E-state index contributed by atoms with van der Waals surface area (Å²) in [6.45, 7) is 6.87. The first-order chi connectivity index (χ1) is 14.5. The van der Waals surface area contributed by atoms with Crippen LogP contribution < -0.4 is 14.4 Å². The first-order valence-electron chi connectivity index (χ1n) is 10.5. The monoisotopic (exact) mass is 410 g/mol. The van der Waals surface area contributed by atoms with Gasteiger partial charge < -0.3 is 19.3 Å². The van der Waals surface area contributed by atoms with Crippen LogP contribution in [0.15, 0.2) is 42.5 Å². The topological polar surface area (TPSA) is 42.0 Å². The number of nitrogens with zero attached hydrogens (tertiary/aromatic N) is 2. The van der Waals surface area contributed by atoms with Gasteiger partial charge in [-0.05, 0) is 44.2 Å². The third-order valence-corrected chi connectivity index (χ3v) is 5.52. The zero-order valence-corrected chi connectivity index (χ0v) is 17.4. The Morgan fingerprint density at radius 3 is 2.73 bits per heavy atom. The van der Waals surface area contributed by atoms with Gasteiger partial charge in [-0.1, -0.05) is 12.1 Å². The number of rotatable bonds is 5. The average molecular weight is 410 g/mol. The van der Waals surface area contributed by atoms with Crippen molar-refractivity contribution in [2.75, 3.05) is 37.7 Å². The molecule has 158 valence electrons. The van der Waals surface area contributed by atoms with Crippen molar-refractivity contribution in [1.82, 2.24) is 4.90 Å². The molecule has 1 atom stereocenters. The van der Waals surface area contributed by atoms with Crippen molar-refractivity contribution in [2.45, 2.75) is 26.4 Å². The normalized spacial score (nSPS) is 18.4. The molecule has 1 saturated heterocycles. The highest BCUT2D eigenvalue weighted by Crippen LogP contribution is 2.35. The summed E-state index contributed by atoms with van der Waals surface area (Å²) in [5.41, 5.74) is 2.57. The fourth-order valence-electron chi connectivity index (χ4n) is 4.01. The van der Waals surface area contributed by atoms with Crippen LogP contribution in [-0.4, -0.2) is 49.7 Å². The van der Waals surface area contributed by atoms with E-state index in [1.54, 1.807) is 29.2 Å². The highest BCUT2D eigenvalue weighted by atomic mass is 19.1. The molecule has 0 radical (unpaired) electrons. The number of amides is 1. The molecule has 2 aromatic rings. The van der Waals surface area contributed by atoms with Crippen molar-refractivity contribution in [2.24, 2.45) is 0 Å². The molecule has 1 fully saturated rings. The van der Waals surface area contributed by atoms with Crippen molar-refractivity contribution in [3.8, 4) is 11.5 Å². The van der Waals surface area contributed by atoms with Crippen molar-refractivity contribution in [1.29, 1.82) is 0 Å². The van der Waals surface area contributed by atoms with Crippen LogP contribution in [0.2, 0.25) is 0 Å². The maximum atomic E-state index is 14.0. The minimum absolute atomic E-state index is 0.0552. The van der Waals surface area contributed by atoms with Gasteiger partial charge in [0.1, 0.15) is 23.4 Å². The molecule has 2 aliphatic heterocycles. The molecule has 0 bridgehead atoms. The molecule has 2 heterocycles. The van der Waals surface area contributed by atoms with Crippen LogP contribution in [-0.2, 0) is 11.2 Å².